The summed E-state index contributed by atoms with van der Waals surface area (Å²) in [6.45, 7) is 0. The molecule has 2 unspecified atom stereocenters. The molecule has 0 N–H and O–H groups in total. The summed E-state index contributed by atoms with van der Waals surface area (Å²) in [5.41, 5.74) is 8.03. The van der Waals surface area contributed by atoms with E-state index in [0.29, 0.717) is 11.3 Å². The number of rotatable bonds is 4. The Balaban J connectivity index is 1.11. The number of anilines is 2. The van der Waals surface area contributed by atoms with E-state index in [0.717, 1.165) is 23.7 Å². The molecule has 6 heteroatoms. The zero-order valence-corrected chi connectivity index (χ0v) is 25.0. The number of likely N-dealkylation sites (N-methyl/N-ethyl adjacent to an activating group) is 1. The van der Waals surface area contributed by atoms with Crippen LogP contribution in [0.2, 0.25) is 0 Å². The first kappa shape index (κ1) is 25.2. The van der Waals surface area contributed by atoms with Crippen LogP contribution in [0, 0.1) is 5.92 Å². The molecule has 0 spiro atoms. The molecule has 0 saturated heterocycles. The van der Waals surface area contributed by atoms with Crippen LogP contribution in [-0.4, -0.2) is 25.7 Å². The third-order valence-electron chi connectivity index (χ3n) is 8.25. The Morgan fingerprint density at radius 1 is 1.00 bits per heavy atom. The maximum atomic E-state index is 6.31. The number of hydrogen-bond donors (Lipinski definition) is 0. The molecule has 2 aliphatic carbocycles. The summed E-state index contributed by atoms with van der Waals surface area (Å²) in [4.78, 5) is 8.62. The van der Waals surface area contributed by atoms with Crippen molar-refractivity contribution in [2.75, 3.05) is 30.2 Å². The quantitative estimate of drug-likeness (QED) is 0.291. The summed E-state index contributed by atoms with van der Waals surface area (Å²) < 4.78 is 6.31. The van der Waals surface area contributed by atoms with Crippen molar-refractivity contribution in [2.45, 2.75) is 40.8 Å². The van der Waals surface area contributed by atoms with E-state index >= 15 is 0 Å². The first-order valence-corrected chi connectivity index (χ1v) is 16.6. The van der Waals surface area contributed by atoms with Crippen molar-refractivity contribution >= 4 is 46.2 Å². The van der Waals surface area contributed by atoms with Gasteiger partial charge in [0.15, 0.2) is 5.75 Å². The van der Waals surface area contributed by atoms with Crippen LogP contribution in [0.1, 0.15) is 25.7 Å². The standard InChI is InChI=1S/C33H32N2OS3/c1-34-28-19-24(30-5-4-14-38-30)10-13-29(28)36-32(34)17-21-6-8-23-9-7-22(16-25(23)15-21)18-33-35(2)27-12-11-26(37-3)20-31(27)39-33/h4-5,10-20,23,33H,6-9H2,1-3H3/b22-18+,32-17-. The highest BCUT2D eigenvalue weighted by Crippen LogP contribution is 2.46. The van der Waals surface area contributed by atoms with Crippen molar-refractivity contribution in [2.24, 2.45) is 5.92 Å². The normalized spacial score (nSPS) is 23.9. The summed E-state index contributed by atoms with van der Waals surface area (Å²) in [5, 5.41) is 2.48. The van der Waals surface area contributed by atoms with E-state index in [-0.39, 0.29) is 0 Å². The van der Waals surface area contributed by atoms with Gasteiger partial charge in [0.25, 0.3) is 0 Å². The van der Waals surface area contributed by atoms with Crippen LogP contribution >= 0.6 is 34.9 Å². The van der Waals surface area contributed by atoms with Crippen LogP contribution in [0.5, 0.6) is 5.75 Å². The predicted molar refractivity (Wildman–Crippen MR) is 169 cm³/mol. The highest BCUT2D eigenvalue weighted by molar-refractivity contribution is 8.01. The van der Waals surface area contributed by atoms with Crippen molar-refractivity contribution < 1.29 is 4.74 Å². The fourth-order valence-electron chi connectivity index (χ4n) is 5.98. The van der Waals surface area contributed by atoms with Crippen LogP contribution in [0.25, 0.3) is 10.4 Å². The molecule has 4 aliphatic rings. The van der Waals surface area contributed by atoms with Gasteiger partial charge in [0.2, 0.25) is 5.88 Å². The van der Waals surface area contributed by atoms with Crippen molar-refractivity contribution in [3.63, 3.8) is 0 Å². The molecule has 2 atom stereocenters. The first-order valence-electron chi connectivity index (χ1n) is 13.6. The monoisotopic (exact) mass is 568 g/mol. The maximum absolute atomic E-state index is 6.31. The van der Waals surface area contributed by atoms with Gasteiger partial charge in [0, 0.05) is 34.8 Å². The lowest BCUT2D eigenvalue weighted by Crippen LogP contribution is -2.23. The molecule has 0 fully saturated rings. The average molecular weight is 569 g/mol. The molecule has 3 heterocycles. The van der Waals surface area contributed by atoms with Crippen LogP contribution in [-0.2, 0) is 0 Å². The van der Waals surface area contributed by atoms with Gasteiger partial charge >= 0.3 is 0 Å². The number of hydrogen-bond acceptors (Lipinski definition) is 6. The summed E-state index contributed by atoms with van der Waals surface area (Å²) in [5.74, 6) is 2.52. The van der Waals surface area contributed by atoms with Crippen molar-refractivity contribution in [1.29, 1.82) is 0 Å². The summed E-state index contributed by atoms with van der Waals surface area (Å²) in [7, 11) is 4.33. The zero-order valence-electron chi connectivity index (χ0n) is 22.5. The highest BCUT2D eigenvalue weighted by Gasteiger charge is 2.29. The maximum Gasteiger partial charge on any atom is 0.200 e. The van der Waals surface area contributed by atoms with Crippen molar-refractivity contribution in [3.05, 3.63) is 101 Å². The highest BCUT2D eigenvalue weighted by atomic mass is 32.2. The van der Waals surface area contributed by atoms with E-state index in [9.17, 15) is 0 Å². The fraction of sp³-hybridized carbons (Fsp3) is 0.273. The summed E-state index contributed by atoms with van der Waals surface area (Å²) >= 11 is 5.56. The second-order valence-electron chi connectivity index (χ2n) is 10.6. The van der Waals surface area contributed by atoms with E-state index in [1.54, 1.807) is 11.3 Å². The molecule has 2 aliphatic heterocycles. The van der Waals surface area contributed by atoms with E-state index in [1.165, 1.54) is 61.9 Å². The van der Waals surface area contributed by atoms with Crippen molar-refractivity contribution in [1.82, 2.24) is 0 Å². The van der Waals surface area contributed by atoms with Gasteiger partial charge in [-0.25, -0.2) is 0 Å². The summed E-state index contributed by atoms with van der Waals surface area (Å²) in [6, 6.07) is 17.6. The molecule has 0 saturated carbocycles. The topological polar surface area (TPSA) is 15.7 Å². The lowest BCUT2D eigenvalue weighted by Gasteiger charge is -2.29. The smallest absolute Gasteiger partial charge is 0.200 e. The number of benzene rings is 2. The van der Waals surface area contributed by atoms with Crippen LogP contribution in [0.15, 0.2) is 111 Å². The Morgan fingerprint density at radius 3 is 2.74 bits per heavy atom. The Labute approximate surface area is 243 Å². The van der Waals surface area contributed by atoms with Crippen LogP contribution in [0.4, 0.5) is 11.4 Å². The van der Waals surface area contributed by atoms with E-state index in [2.05, 4.69) is 108 Å². The predicted octanol–water partition coefficient (Wildman–Crippen LogP) is 9.36. The van der Waals surface area contributed by atoms with E-state index in [4.69, 9.17) is 4.74 Å². The van der Waals surface area contributed by atoms with Gasteiger partial charge in [-0.15, -0.1) is 23.1 Å². The van der Waals surface area contributed by atoms with Gasteiger partial charge in [0.05, 0.1) is 16.7 Å². The Morgan fingerprint density at radius 2 is 1.90 bits per heavy atom. The molecule has 1 aromatic heterocycles. The van der Waals surface area contributed by atoms with Gasteiger partial charge in [-0.05, 0) is 114 Å². The molecular formula is C33H32N2OS3. The first-order chi connectivity index (χ1) is 19.1. The van der Waals surface area contributed by atoms with Gasteiger partial charge in [-0.2, -0.15) is 0 Å². The Hall–Kier alpha value is -2.80. The number of fused-ring (bicyclic) bond motifs is 3. The van der Waals surface area contributed by atoms with Crippen LogP contribution in [0.3, 0.4) is 0 Å². The number of thiophene rings is 1. The Bertz CT molecular complexity index is 1550. The lowest BCUT2D eigenvalue weighted by molar-refractivity contribution is 0.441. The van der Waals surface area contributed by atoms with Crippen molar-refractivity contribution in [3.8, 4) is 16.2 Å². The largest absolute Gasteiger partial charge is 0.439 e. The second kappa shape index (κ2) is 10.3. The molecule has 3 aromatic rings. The molecule has 7 rings (SSSR count). The summed E-state index contributed by atoms with van der Waals surface area (Å²) in [6.07, 6.45) is 16.5. The minimum absolute atomic E-state index is 0.354. The zero-order chi connectivity index (χ0) is 26.5. The third-order valence-corrected chi connectivity index (χ3v) is 11.2. The third kappa shape index (κ3) is 4.77. The molecule has 2 aromatic carbocycles. The molecule has 198 valence electrons. The number of thioether (sulfide) groups is 2. The fourth-order valence-corrected chi connectivity index (χ4v) is 8.52. The van der Waals surface area contributed by atoms with Gasteiger partial charge in [-0.1, -0.05) is 30.0 Å². The van der Waals surface area contributed by atoms with Gasteiger partial charge < -0.3 is 14.5 Å². The SMILES string of the molecule is CSc1ccc2c(c1)SC(/C=C1/C=C3C=C(/C=C4\Oc5ccc(-c6cccs6)cc5N4C)CCC3CC1)N2C. The number of allylic oxidation sites excluding steroid dienone is 6. The van der Waals surface area contributed by atoms with Gasteiger partial charge in [0.1, 0.15) is 0 Å². The molecule has 3 nitrogen and oxygen atoms in total. The minimum Gasteiger partial charge on any atom is -0.439 e. The minimum atomic E-state index is 0.354. The molecule has 39 heavy (non-hydrogen) atoms. The Kier molecular flexibility index (Phi) is 6.66. The number of ether oxygens (including phenoxy) is 1. The molecule has 0 amide bonds. The number of nitrogens with zero attached hydrogens (tertiary/aromatic N) is 2. The second-order valence-corrected chi connectivity index (χ2v) is 13.6. The van der Waals surface area contributed by atoms with Gasteiger partial charge in [-0.3, -0.25) is 0 Å². The molecule has 0 bridgehead atoms. The van der Waals surface area contributed by atoms with Crippen LogP contribution < -0.4 is 14.5 Å². The lowest BCUT2D eigenvalue weighted by atomic mass is 9.77. The average Bonchev–Trinajstić information content (AvgIpc) is 3.67. The van der Waals surface area contributed by atoms with E-state index < -0.39 is 0 Å². The molecular weight excluding hydrogens is 537 g/mol. The van der Waals surface area contributed by atoms with E-state index in [1.807, 2.05) is 23.5 Å². The molecule has 0 radical (unpaired) electrons.